The van der Waals surface area contributed by atoms with Crippen molar-refractivity contribution in [3.8, 4) is 0 Å². The highest BCUT2D eigenvalue weighted by atomic mass is 16.1. The normalized spacial score (nSPS) is 15.1. The van der Waals surface area contributed by atoms with Gasteiger partial charge in [-0.25, -0.2) is 0 Å². The molecule has 0 amide bonds. The number of aromatic nitrogens is 1. The minimum atomic E-state index is 0.0104. The number of pyridine rings is 1. The average molecular weight is 214 g/mol. The Morgan fingerprint density at radius 1 is 1.19 bits per heavy atom. The van der Waals surface area contributed by atoms with Gasteiger partial charge < -0.3 is 10.3 Å². The molecule has 2 aromatic rings. The highest BCUT2D eigenvalue weighted by molar-refractivity contribution is 5.81. The first-order chi connectivity index (χ1) is 7.74. The molecule has 1 aromatic carbocycles. The number of rotatable bonds is 0. The van der Waals surface area contributed by atoms with Gasteiger partial charge in [0.15, 0.2) is 0 Å². The molecular formula is C13H14N2O. The molecule has 3 nitrogen and oxygen atoms in total. The van der Waals surface area contributed by atoms with Crippen LogP contribution in [-0.4, -0.2) is 11.5 Å². The molecule has 0 atom stereocenters. The maximum absolute atomic E-state index is 11.5. The van der Waals surface area contributed by atoms with E-state index >= 15 is 0 Å². The van der Waals surface area contributed by atoms with Crippen LogP contribution in [0.25, 0.3) is 10.9 Å². The predicted molar refractivity (Wildman–Crippen MR) is 64.7 cm³/mol. The van der Waals surface area contributed by atoms with Gasteiger partial charge in [0.1, 0.15) is 0 Å². The number of aromatic amines is 1. The van der Waals surface area contributed by atoms with Crippen LogP contribution < -0.4 is 10.9 Å². The van der Waals surface area contributed by atoms with Crippen molar-refractivity contribution in [2.45, 2.75) is 19.9 Å². The summed E-state index contributed by atoms with van der Waals surface area (Å²) in [5, 5.41) is 4.48. The van der Waals surface area contributed by atoms with Gasteiger partial charge in [-0.2, -0.15) is 0 Å². The Morgan fingerprint density at radius 3 is 2.94 bits per heavy atom. The molecule has 1 aromatic heterocycles. The Hall–Kier alpha value is -1.61. The van der Waals surface area contributed by atoms with Crippen LogP contribution in [0.1, 0.15) is 16.7 Å². The van der Waals surface area contributed by atoms with Crippen molar-refractivity contribution in [3.63, 3.8) is 0 Å². The summed E-state index contributed by atoms with van der Waals surface area (Å²) in [5.41, 5.74) is 4.44. The maximum atomic E-state index is 11.5. The van der Waals surface area contributed by atoms with E-state index in [1.807, 2.05) is 13.0 Å². The first-order valence-corrected chi connectivity index (χ1v) is 5.60. The van der Waals surface area contributed by atoms with E-state index in [4.69, 9.17) is 0 Å². The lowest BCUT2D eigenvalue weighted by Crippen LogP contribution is -2.23. The summed E-state index contributed by atoms with van der Waals surface area (Å²) in [6.45, 7) is 3.79. The molecule has 16 heavy (non-hydrogen) atoms. The Kier molecular flexibility index (Phi) is 2.07. The number of fused-ring (bicyclic) bond motifs is 2. The summed E-state index contributed by atoms with van der Waals surface area (Å²) in [7, 11) is 0. The number of benzene rings is 1. The van der Waals surface area contributed by atoms with Gasteiger partial charge in [-0.15, -0.1) is 0 Å². The minimum Gasteiger partial charge on any atom is -0.322 e. The molecule has 2 heterocycles. The van der Waals surface area contributed by atoms with Crippen molar-refractivity contribution < 1.29 is 0 Å². The summed E-state index contributed by atoms with van der Waals surface area (Å²) in [5.74, 6) is 0. The fraction of sp³-hybridized carbons (Fsp3) is 0.308. The molecule has 0 saturated carbocycles. The van der Waals surface area contributed by atoms with Crippen LogP contribution in [0.3, 0.4) is 0 Å². The first kappa shape index (κ1) is 9.60. The lowest BCUT2D eigenvalue weighted by Gasteiger charge is -2.17. The monoisotopic (exact) mass is 214 g/mol. The van der Waals surface area contributed by atoms with Gasteiger partial charge in [-0.3, -0.25) is 4.79 Å². The lowest BCUT2D eigenvalue weighted by molar-refractivity contribution is 0.645. The molecule has 3 heteroatoms. The summed E-state index contributed by atoms with van der Waals surface area (Å²) in [6.07, 6.45) is 1.07. The van der Waals surface area contributed by atoms with Gasteiger partial charge in [0.25, 0.3) is 5.56 Å². The van der Waals surface area contributed by atoms with Gasteiger partial charge >= 0.3 is 0 Å². The van der Waals surface area contributed by atoms with Crippen molar-refractivity contribution in [1.82, 2.24) is 10.3 Å². The zero-order valence-electron chi connectivity index (χ0n) is 9.26. The zero-order chi connectivity index (χ0) is 11.1. The van der Waals surface area contributed by atoms with Crippen molar-refractivity contribution in [2.75, 3.05) is 6.54 Å². The largest absolute Gasteiger partial charge is 0.322 e. The molecule has 1 aliphatic rings. The van der Waals surface area contributed by atoms with Crippen molar-refractivity contribution in [2.24, 2.45) is 0 Å². The molecule has 82 valence electrons. The Balaban J connectivity index is 2.31. The number of H-pyrrole nitrogens is 1. The number of hydrogen-bond acceptors (Lipinski definition) is 2. The maximum Gasteiger partial charge on any atom is 0.251 e. The fourth-order valence-corrected chi connectivity index (χ4v) is 2.30. The molecule has 0 radical (unpaired) electrons. The predicted octanol–water partition coefficient (Wildman–Crippen LogP) is 1.48. The van der Waals surface area contributed by atoms with Gasteiger partial charge in [-0.1, -0.05) is 0 Å². The molecule has 0 bridgehead atoms. The molecular weight excluding hydrogens is 200 g/mol. The van der Waals surface area contributed by atoms with E-state index in [0.29, 0.717) is 0 Å². The van der Waals surface area contributed by atoms with Crippen LogP contribution in [0.2, 0.25) is 0 Å². The smallest absolute Gasteiger partial charge is 0.251 e. The Labute approximate surface area is 93.5 Å². The third-order valence-corrected chi connectivity index (χ3v) is 3.24. The first-order valence-electron chi connectivity index (χ1n) is 5.60. The second-order valence-corrected chi connectivity index (χ2v) is 4.42. The van der Waals surface area contributed by atoms with Gasteiger partial charge in [0.05, 0.1) is 0 Å². The van der Waals surface area contributed by atoms with Crippen LogP contribution in [0, 0.1) is 6.92 Å². The van der Waals surface area contributed by atoms with Crippen molar-refractivity contribution >= 4 is 10.9 Å². The van der Waals surface area contributed by atoms with E-state index in [1.54, 1.807) is 0 Å². The summed E-state index contributed by atoms with van der Waals surface area (Å²) < 4.78 is 0. The van der Waals surface area contributed by atoms with E-state index in [9.17, 15) is 4.79 Å². The molecule has 1 aliphatic heterocycles. The molecule has 0 saturated heterocycles. The van der Waals surface area contributed by atoms with Gasteiger partial charge in [-0.05, 0) is 54.6 Å². The molecule has 2 N–H and O–H groups in total. The second kappa shape index (κ2) is 3.46. The summed E-state index contributed by atoms with van der Waals surface area (Å²) in [6, 6.07) is 6.27. The zero-order valence-corrected chi connectivity index (χ0v) is 9.26. The van der Waals surface area contributed by atoms with Crippen molar-refractivity contribution in [3.05, 3.63) is 45.2 Å². The third-order valence-electron chi connectivity index (χ3n) is 3.24. The van der Waals surface area contributed by atoms with Crippen molar-refractivity contribution in [1.29, 1.82) is 0 Å². The van der Waals surface area contributed by atoms with E-state index in [2.05, 4.69) is 22.4 Å². The molecule has 0 aliphatic carbocycles. The fourth-order valence-electron chi connectivity index (χ4n) is 2.30. The Bertz CT molecular complexity index is 613. The van der Waals surface area contributed by atoms with E-state index in [0.717, 1.165) is 36.0 Å². The average Bonchev–Trinajstić information content (AvgIpc) is 2.28. The number of aryl methyl sites for hydroxylation is 1. The molecule has 3 rings (SSSR count). The quantitative estimate of drug-likeness (QED) is 0.697. The van der Waals surface area contributed by atoms with Gasteiger partial charge in [0.2, 0.25) is 0 Å². The second-order valence-electron chi connectivity index (χ2n) is 4.42. The Morgan fingerprint density at radius 2 is 2.06 bits per heavy atom. The highest BCUT2D eigenvalue weighted by Crippen LogP contribution is 2.20. The SMILES string of the molecule is Cc1cc2cc3c(cc2[nH]c1=O)CNCC3. The minimum absolute atomic E-state index is 0.0104. The van der Waals surface area contributed by atoms with Crippen LogP contribution in [0.15, 0.2) is 23.0 Å². The molecule has 0 spiro atoms. The molecule has 0 fully saturated rings. The topological polar surface area (TPSA) is 44.9 Å². The van der Waals surface area contributed by atoms with Crippen LogP contribution in [0.4, 0.5) is 0 Å². The van der Waals surface area contributed by atoms with E-state index in [1.165, 1.54) is 11.1 Å². The van der Waals surface area contributed by atoms with Crippen LogP contribution >= 0.6 is 0 Å². The van der Waals surface area contributed by atoms with E-state index in [-0.39, 0.29) is 5.56 Å². The third kappa shape index (κ3) is 1.44. The standard InChI is InChI=1S/C13H14N2O/c1-8-4-10-5-9-2-3-14-7-11(9)6-12(10)15-13(8)16/h4-6,14H,2-3,7H2,1H3,(H,15,16). The number of hydrogen-bond donors (Lipinski definition) is 2. The van der Waals surface area contributed by atoms with Crippen LogP contribution in [0.5, 0.6) is 0 Å². The summed E-state index contributed by atoms with van der Waals surface area (Å²) >= 11 is 0. The van der Waals surface area contributed by atoms with E-state index < -0.39 is 0 Å². The lowest BCUT2D eigenvalue weighted by atomic mass is 9.98. The van der Waals surface area contributed by atoms with Gasteiger partial charge in [0, 0.05) is 17.6 Å². The summed E-state index contributed by atoms with van der Waals surface area (Å²) in [4.78, 5) is 14.5. The number of nitrogens with one attached hydrogen (secondary N) is 2. The molecule has 0 unspecified atom stereocenters. The van der Waals surface area contributed by atoms with Crippen LogP contribution in [-0.2, 0) is 13.0 Å². The highest BCUT2D eigenvalue weighted by Gasteiger charge is 2.10.